The first-order valence-corrected chi connectivity index (χ1v) is 11.0. The van der Waals surface area contributed by atoms with Crippen LogP contribution in [0.25, 0.3) is 0 Å². The van der Waals surface area contributed by atoms with E-state index in [0.717, 1.165) is 43.7 Å². The van der Waals surface area contributed by atoms with Crippen LogP contribution in [0.4, 0.5) is 4.39 Å². The van der Waals surface area contributed by atoms with Crippen LogP contribution in [0, 0.1) is 18.2 Å². The van der Waals surface area contributed by atoms with E-state index >= 15 is 0 Å². The molecule has 0 unspecified atom stereocenters. The van der Waals surface area contributed by atoms with E-state index in [9.17, 15) is 4.39 Å². The summed E-state index contributed by atoms with van der Waals surface area (Å²) >= 11 is 0. The average Bonchev–Trinajstić information content (AvgIpc) is 3.15. The number of likely N-dealkylation sites (tertiary alicyclic amines) is 1. The third kappa shape index (κ3) is 4.57. The zero-order valence-corrected chi connectivity index (χ0v) is 19.3. The van der Waals surface area contributed by atoms with E-state index in [2.05, 4.69) is 61.6 Å². The zero-order chi connectivity index (χ0) is 22.0. The van der Waals surface area contributed by atoms with Crippen molar-refractivity contribution in [3.8, 4) is 0 Å². The molecule has 0 bridgehead atoms. The highest BCUT2D eigenvalue weighted by atomic mass is 19.1. The molecular formula is C25H36FN3O. The Morgan fingerprint density at radius 1 is 1.10 bits per heavy atom. The number of aromatic nitrogens is 2. The first-order chi connectivity index (χ1) is 14.1. The van der Waals surface area contributed by atoms with Gasteiger partial charge in [0.15, 0.2) is 0 Å². The van der Waals surface area contributed by atoms with Gasteiger partial charge in [-0.3, -0.25) is 14.9 Å². The lowest BCUT2D eigenvalue weighted by molar-refractivity contribution is -0.109. The molecule has 30 heavy (non-hydrogen) atoms. The van der Waals surface area contributed by atoms with E-state index in [0.29, 0.717) is 6.61 Å². The lowest BCUT2D eigenvalue weighted by Crippen LogP contribution is -2.50. The molecule has 0 radical (unpaired) electrons. The van der Waals surface area contributed by atoms with Crippen LogP contribution in [0.15, 0.2) is 36.7 Å². The second-order valence-corrected chi connectivity index (χ2v) is 9.61. The molecule has 0 spiro atoms. The summed E-state index contributed by atoms with van der Waals surface area (Å²) in [6, 6.07) is 7.58. The van der Waals surface area contributed by atoms with E-state index in [4.69, 9.17) is 4.74 Å². The summed E-state index contributed by atoms with van der Waals surface area (Å²) in [5.41, 5.74) is 2.82. The molecule has 1 fully saturated rings. The summed E-state index contributed by atoms with van der Waals surface area (Å²) in [5, 5.41) is 0. The topological polar surface area (TPSA) is 38.2 Å². The van der Waals surface area contributed by atoms with E-state index in [1.807, 2.05) is 13.1 Å². The molecule has 1 atom stereocenters. The number of rotatable bonds is 8. The highest BCUT2D eigenvalue weighted by molar-refractivity contribution is 5.22. The van der Waals surface area contributed by atoms with E-state index < -0.39 is 0 Å². The summed E-state index contributed by atoms with van der Waals surface area (Å²) in [4.78, 5) is 11.4. The summed E-state index contributed by atoms with van der Waals surface area (Å²) in [7, 11) is 0. The molecule has 3 heterocycles. The van der Waals surface area contributed by atoms with E-state index in [1.165, 1.54) is 17.8 Å². The molecule has 0 amide bonds. The Balaban J connectivity index is 1.84. The molecule has 2 aromatic rings. The normalized spacial score (nSPS) is 20.6. The first kappa shape index (κ1) is 22.8. The number of hydrogen-bond donors (Lipinski definition) is 0. The highest BCUT2D eigenvalue weighted by Crippen LogP contribution is 2.49. The average molecular weight is 414 g/mol. The summed E-state index contributed by atoms with van der Waals surface area (Å²) < 4.78 is 19.6. The Labute approximate surface area is 180 Å². The molecule has 0 N–H and O–H groups in total. The fourth-order valence-corrected chi connectivity index (χ4v) is 4.79. The minimum atomic E-state index is -0.288. The highest BCUT2D eigenvalue weighted by Gasteiger charge is 2.52. The largest absolute Gasteiger partial charge is 0.375 e. The molecule has 164 valence electrons. The fraction of sp³-hybridized carbons (Fsp3) is 0.600. The molecule has 1 aliphatic rings. The zero-order valence-electron chi connectivity index (χ0n) is 19.3. The van der Waals surface area contributed by atoms with Crippen molar-refractivity contribution in [3.63, 3.8) is 0 Å². The van der Waals surface area contributed by atoms with Gasteiger partial charge < -0.3 is 4.74 Å². The number of aryl methyl sites for hydroxylation is 2. The van der Waals surface area contributed by atoms with Crippen LogP contribution >= 0.6 is 0 Å². The lowest BCUT2D eigenvalue weighted by Gasteiger charge is -2.46. The van der Waals surface area contributed by atoms with Gasteiger partial charge >= 0.3 is 0 Å². The van der Waals surface area contributed by atoms with Crippen LogP contribution in [0.3, 0.4) is 0 Å². The molecule has 1 saturated heterocycles. The Kier molecular flexibility index (Phi) is 6.63. The molecule has 0 aromatic carbocycles. The maximum atomic E-state index is 13.3. The second kappa shape index (κ2) is 8.72. The van der Waals surface area contributed by atoms with Gasteiger partial charge in [0.25, 0.3) is 0 Å². The Bertz CT molecular complexity index is 832. The van der Waals surface area contributed by atoms with Crippen LogP contribution in [0.5, 0.6) is 0 Å². The number of hydrogen-bond acceptors (Lipinski definition) is 4. The van der Waals surface area contributed by atoms with Crippen molar-refractivity contribution in [1.29, 1.82) is 0 Å². The SMILES string of the molecule is CCOC(C)(C)[C@]1(CCc2ccc(F)cn2)CCN(C(C)(C)c2ccc(C)nc2)C1. The third-order valence-corrected chi connectivity index (χ3v) is 7.19. The molecule has 5 heteroatoms. The van der Waals surface area contributed by atoms with Crippen LogP contribution in [0.2, 0.25) is 0 Å². The third-order valence-electron chi connectivity index (χ3n) is 7.19. The van der Waals surface area contributed by atoms with Gasteiger partial charge in [0.2, 0.25) is 0 Å². The maximum Gasteiger partial charge on any atom is 0.141 e. The first-order valence-electron chi connectivity index (χ1n) is 11.0. The number of ether oxygens (including phenoxy) is 1. The molecule has 4 nitrogen and oxygen atoms in total. The fourth-order valence-electron chi connectivity index (χ4n) is 4.79. The smallest absolute Gasteiger partial charge is 0.141 e. The molecule has 0 aliphatic carbocycles. The quantitative estimate of drug-likeness (QED) is 0.589. The summed E-state index contributed by atoms with van der Waals surface area (Å²) in [5.74, 6) is -0.288. The number of nitrogens with zero attached hydrogens (tertiary/aromatic N) is 3. The van der Waals surface area contributed by atoms with Crippen molar-refractivity contribution >= 4 is 0 Å². The van der Waals surface area contributed by atoms with Crippen LogP contribution < -0.4 is 0 Å². The van der Waals surface area contributed by atoms with Gasteiger partial charge in [-0.05, 0) is 91.1 Å². The Morgan fingerprint density at radius 3 is 2.47 bits per heavy atom. The maximum absolute atomic E-state index is 13.3. The van der Waals surface area contributed by atoms with Crippen molar-refractivity contribution in [2.45, 2.75) is 71.9 Å². The lowest BCUT2D eigenvalue weighted by atomic mass is 9.69. The standard InChI is InChI=1S/C25H36FN3O/c1-7-30-24(5,6)25(13-12-22-11-10-21(26)17-28-22)14-15-29(18-25)23(3,4)20-9-8-19(2)27-16-20/h8-11,16-17H,7,12-15,18H2,1-6H3/t25-/m1/s1. The van der Waals surface area contributed by atoms with Gasteiger partial charge in [0, 0.05) is 41.7 Å². The van der Waals surface area contributed by atoms with Crippen molar-refractivity contribution in [2.75, 3.05) is 19.7 Å². The Morgan fingerprint density at radius 2 is 1.87 bits per heavy atom. The monoisotopic (exact) mass is 413 g/mol. The van der Waals surface area contributed by atoms with Crippen LogP contribution in [-0.4, -0.2) is 40.2 Å². The van der Waals surface area contributed by atoms with Crippen molar-refractivity contribution in [2.24, 2.45) is 5.41 Å². The van der Waals surface area contributed by atoms with Crippen LogP contribution in [0.1, 0.15) is 64.4 Å². The summed E-state index contributed by atoms with van der Waals surface area (Å²) in [6.07, 6.45) is 6.15. The molecule has 2 aromatic heterocycles. The number of pyridine rings is 2. The van der Waals surface area contributed by atoms with Gasteiger partial charge in [-0.15, -0.1) is 0 Å². The van der Waals surface area contributed by atoms with Gasteiger partial charge in [0.05, 0.1) is 11.8 Å². The van der Waals surface area contributed by atoms with Crippen LogP contribution in [-0.2, 0) is 16.7 Å². The predicted octanol–water partition coefficient (Wildman–Crippen LogP) is 5.30. The molecular weight excluding hydrogens is 377 g/mol. The Hall–Kier alpha value is -1.85. The van der Waals surface area contributed by atoms with Gasteiger partial charge in [-0.25, -0.2) is 4.39 Å². The van der Waals surface area contributed by atoms with E-state index in [1.54, 1.807) is 6.07 Å². The minimum absolute atomic E-state index is 0.00548. The molecule has 0 saturated carbocycles. The minimum Gasteiger partial charge on any atom is -0.375 e. The van der Waals surface area contributed by atoms with Gasteiger partial charge in [0.1, 0.15) is 5.82 Å². The van der Waals surface area contributed by atoms with E-state index in [-0.39, 0.29) is 22.4 Å². The van der Waals surface area contributed by atoms with Crippen molar-refractivity contribution in [1.82, 2.24) is 14.9 Å². The summed E-state index contributed by atoms with van der Waals surface area (Å²) in [6.45, 7) is 15.7. The predicted molar refractivity (Wildman–Crippen MR) is 119 cm³/mol. The molecule has 3 rings (SSSR count). The number of halogens is 1. The van der Waals surface area contributed by atoms with Gasteiger partial charge in [-0.1, -0.05) is 6.07 Å². The second-order valence-electron chi connectivity index (χ2n) is 9.61. The van der Waals surface area contributed by atoms with Gasteiger partial charge in [-0.2, -0.15) is 0 Å². The van der Waals surface area contributed by atoms with Crippen molar-refractivity contribution in [3.05, 3.63) is 59.4 Å². The molecule has 1 aliphatic heterocycles. The van der Waals surface area contributed by atoms with Crippen molar-refractivity contribution < 1.29 is 9.13 Å².